The summed E-state index contributed by atoms with van der Waals surface area (Å²) in [7, 11) is 0. The smallest absolute Gasteiger partial charge is 0.216 e. The van der Waals surface area contributed by atoms with E-state index in [1.807, 2.05) is 30.3 Å². The number of halogens is 2. The van der Waals surface area contributed by atoms with E-state index in [9.17, 15) is 4.39 Å². The average Bonchev–Trinajstić information content (AvgIpc) is 2.84. The van der Waals surface area contributed by atoms with Gasteiger partial charge in [0.25, 0.3) is 0 Å². The van der Waals surface area contributed by atoms with Crippen molar-refractivity contribution in [3.8, 4) is 11.4 Å². The number of hydrogen-bond donors (Lipinski definition) is 1. The Morgan fingerprint density at radius 2 is 1.90 bits per heavy atom. The van der Waals surface area contributed by atoms with E-state index in [0.717, 1.165) is 5.56 Å². The number of hydrogen-bond acceptors (Lipinski definition) is 2. The maximum Gasteiger partial charge on any atom is 0.216 e. The van der Waals surface area contributed by atoms with Crippen LogP contribution in [0.3, 0.4) is 0 Å². The van der Waals surface area contributed by atoms with Gasteiger partial charge in [-0.2, -0.15) is 4.98 Å². The fourth-order valence-corrected chi connectivity index (χ4v) is 2.45. The van der Waals surface area contributed by atoms with Crippen LogP contribution < -0.4 is 0 Å². The fourth-order valence-electron chi connectivity index (χ4n) is 2.04. The summed E-state index contributed by atoms with van der Waals surface area (Å²) in [6, 6.07) is 14.5. The van der Waals surface area contributed by atoms with Crippen molar-refractivity contribution in [2.45, 2.75) is 6.54 Å². The van der Waals surface area contributed by atoms with Gasteiger partial charge in [0.15, 0.2) is 5.82 Å². The van der Waals surface area contributed by atoms with Crippen LogP contribution in [-0.2, 0) is 6.54 Å². The Kier molecular flexibility index (Phi) is 3.86. The Bertz CT molecular complexity index is 826. The van der Waals surface area contributed by atoms with Gasteiger partial charge in [0.2, 0.25) is 4.77 Å². The first-order chi connectivity index (χ1) is 10.1. The maximum atomic E-state index is 13.5. The van der Waals surface area contributed by atoms with Crippen molar-refractivity contribution in [2.24, 2.45) is 0 Å². The van der Waals surface area contributed by atoms with Crippen LogP contribution in [-0.4, -0.2) is 14.8 Å². The largest absolute Gasteiger partial charge is 0.279 e. The van der Waals surface area contributed by atoms with Crippen molar-refractivity contribution in [1.29, 1.82) is 0 Å². The lowest BCUT2D eigenvalue weighted by atomic mass is 10.2. The normalized spacial score (nSPS) is 10.8. The molecule has 1 heterocycles. The SMILES string of the molecule is Fc1cccc(-c2nc(=S)n(Cc3ccccc3)[nH]2)c1Cl. The molecule has 0 spiro atoms. The highest BCUT2D eigenvalue weighted by Crippen LogP contribution is 2.27. The maximum absolute atomic E-state index is 13.5. The third-order valence-corrected chi connectivity index (χ3v) is 3.77. The molecule has 3 nitrogen and oxygen atoms in total. The zero-order valence-corrected chi connectivity index (χ0v) is 12.5. The minimum atomic E-state index is -0.480. The standard InChI is InChI=1S/C15H11ClFN3S/c16-13-11(7-4-8-12(13)17)14-18-15(21)20(19-14)9-10-5-2-1-3-6-10/h1-8H,9H2,(H,18,19,21). The first-order valence-corrected chi connectivity index (χ1v) is 7.09. The van der Waals surface area contributed by atoms with E-state index in [0.29, 0.717) is 22.7 Å². The van der Waals surface area contributed by atoms with E-state index in [-0.39, 0.29) is 5.02 Å². The van der Waals surface area contributed by atoms with Crippen LogP contribution in [0.4, 0.5) is 4.39 Å². The predicted molar refractivity (Wildman–Crippen MR) is 83.4 cm³/mol. The molecule has 1 N–H and O–H groups in total. The summed E-state index contributed by atoms with van der Waals surface area (Å²) in [4.78, 5) is 4.25. The van der Waals surface area contributed by atoms with Crippen molar-refractivity contribution in [1.82, 2.24) is 14.8 Å². The number of H-pyrrole nitrogens is 1. The van der Waals surface area contributed by atoms with Crippen molar-refractivity contribution in [2.75, 3.05) is 0 Å². The molecule has 106 valence electrons. The van der Waals surface area contributed by atoms with Crippen LogP contribution in [0.2, 0.25) is 5.02 Å². The number of aromatic amines is 1. The highest BCUT2D eigenvalue weighted by Gasteiger charge is 2.12. The molecule has 0 fully saturated rings. The molecule has 0 aliphatic carbocycles. The molecule has 6 heteroatoms. The topological polar surface area (TPSA) is 33.6 Å². The Balaban J connectivity index is 1.98. The molecule has 0 radical (unpaired) electrons. The van der Waals surface area contributed by atoms with Crippen LogP contribution in [0.5, 0.6) is 0 Å². The summed E-state index contributed by atoms with van der Waals surface area (Å²) >= 11 is 11.2. The van der Waals surface area contributed by atoms with Crippen molar-refractivity contribution < 1.29 is 4.39 Å². The first kappa shape index (κ1) is 14.0. The second-order valence-corrected chi connectivity index (χ2v) is 5.27. The zero-order valence-electron chi connectivity index (χ0n) is 10.9. The molecule has 0 aliphatic rings. The van der Waals surface area contributed by atoms with Crippen LogP contribution >= 0.6 is 23.8 Å². The van der Waals surface area contributed by atoms with Crippen molar-refractivity contribution in [3.05, 3.63) is 69.7 Å². The van der Waals surface area contributed by atoms with E-state index in [1.54, 1.807) is 16.8 Å². The molecule has 3 rings (SSSR count). The molecule has 2 aromatic carbocycles. The number of nitrogens with one attached hydrogen (secondary N) is 1. The van der Waals surface area contributed by atoms with Crippen LogP contribution in [0.1, 0.15) is 5.56 Å². The molecule has 0 bridgehead atoms. The van der Waals surface area contributed by atoms with Gasteiger partial charge < -0.3 is 0 Å². The van der Waals surface area contributed by atoms with Gasteiger partial charge in [-0.25, -0.2) is 4.39 Å². The van der Waals surface area contributed by atoms with E-state index < -0.39 is 5.82 Å². The van der Waals surface area contributed by atoms with E-state index in [1.165, 1.54) is 6.07 Å². The lowest BCUT2D eigenvalue weighted by Gasteiger charge is -2.03. The van der Waals surface area contributed by atoms with Gasteiger partial charge in [0.05, 0.1) is 11.6 Å². The summed E-state index contributed by atoms with van der Waals surface area (Å²) in [5.74, 6) is -0.0217. The summed E-state index contributed by atoms with van der Waals surface area (Å²) in [5.41, 5.74) is 1.59. The monoisotopic (exact) mass is 319 g/mol. The Morgan fingerprint density at radius 3 is 2.67 bits per heavy atom. The van der Waals surface area contributed by atoms with Gasteiger partial charge in [0, 0.05) is 5.56 Å². The fraction of sp³-hybridized carbons (Fsp3) is 0.0667. The number of rotatable bonds is 3. The lowest BCUT2D eigenvalue weighted by molar-refractivity contribution is 0.628. The second-order valence-electron chi connectivity index (χ2n) is 4.53. The summed E-state index contributed by atoms with van der Waals surface area (Å²) < 4.78 is 15.6. The van der Waals surface area contributed by atoms with E-state index in [4.69, 9.17) is 23.8 Å². The molecule has 0 saturated carbocycles. The average molecular weight is 320 g/mol. The van der Waals surface area contributed by atoms with Gasteiger partial charge in [-0.1, -0.05) is 48.0 Å². The highest BCUT2D eigenvalue weighted by molar-refractivity contribution is 7.71. The molecule has 3 aromatic rings. The Hall–Kier alpha value is -1.98. The van der Waals surface area contributed by atoms with Crippen molar-refractivity contribution >= 4 is 23.8 Å². The Morgan fingerprint density at radius 1 is 1.14 bits per heavy atom. The molecular formula is C15H11ClFN3S. The molecule has 1 aromatic heterocycles. The minimum Gasteiger partial charge on any atom is -0.279 e. The molecule has 0 amide bonds. The van der Waals surface area contributed by atoms with E-state index in [2.05, 4.69) is 10.1 Å². The van der Waals surface area contributed by atoms with E-state index >= 15 is 0 Å². The highest BCUT2D eigenvalue weighted by atomic mass is 35.5. The molecule has 0 aliphatic heterocycles. The molecule has 21 heavy (non-hydrogen) atoms. The summed E-state index contributed by atoms with van der Waals surface area (Å²) in [6.45, 7) is 0.569. The number of nitrogens with zero attached hydrogens (tertiary/aromatic N) is 2. The third-order valence-electron chi connectivity index (χ3n) is 3.07. The van der Waals surface area contributed by atoms with Gasteiger partial charge >= 0.3 is 0 Å². The molecule has 0 atom stereocenters. The number of aromatic nitrogens is 3. The summed E-state index contributed by atoms with van der Waals surface area (Å²) in [5, 5.41) is 3.10. The number of benzene rings is 2. The zero-order chi connectivity index (χ0) is 14.8. The van der Waals surface area contributed by atoms with Crippen LogP contribution in [0, 0.1) is 10.6 Å². The molecular weight excluding hydrogens is 309 g/mol. The van der Waals surface area contributed by atoms with Gasteiger partial charge in [-0.15, -0.1) is 0 Å². The van der Waals surface area contributed by atoms with Gasteiger partial charge in [-0.05, 0) is 29.9 Å². The third kappa shape index (κ3) is 2.89. The minimum absolute atomic E-state index is 0.0353. The predicted octanol–water partition coefficient (Wildman–Crippen LogP) is 4.45. The lowest BCUT2D eigenvalue weighted by Crippen LogP contribution is -2.01. The molecule has 0 saturated heterocycles. The van der Waals surface area contributed by atoms with Gasteiger partial charge in [0.1, 0.15) is 5.82 Å². The quantitative estimate of drug-likeness (QED) is 0.724. The second kappa shape index (κ2) is 5.79. The van der Waals surface area contributed by atoms with Crippen LogP contribution in [0.25, 0.3) is 11.4 Å². The summed E-state index contributed by atoms with van der Waals surface area (Å²) in [6.07, 6.45) is 0. The molecule has 0 unspecified atom stereocenters. The van der Waals surface area contributed by atoms with Crippen LogP contribution in [0.15, 0.2) is 48.5 Å². The van der Waals surface area contributed by atoms with Gasteiger partial charge in [-0.3, -0.25) is 9.78 Å². The Labute approximate surface area is 131 Å². The van der Waals surface area contributed by atoms with Crippen molar-refractivity contribution in [3.63, 3.8) is 0 Å². The first-order valence-electron chi connectivity index (χ1n) is 6.30.